The zero-order valence-corrected chi connectivity index (χ0v) is 17.6. The molecule has 9 nitrogen and oxygen atoms in total. The number of carbonyl (C=O) groups excluding carboxylic acids is 1. The van der Waals surface area contributed by atoms with Gasteiger partial charge in [-0.3, -0.25) is 10.3 Å². The minimum absolute atomic E-state index is 0.191. The molecule has 0 saturated carbocycles. The normalized spacial score (nSPS) is 11.4. The number of anilines is 2. The van der Waals surface area contributed by atoms with Gasteiger partial charge in [-0.25, -0.2) is 4.79 Å². The fraction of sp³-hybridized carbons (Fsp3) is 0.227. The Balaban J connectivity index is 1.41. The molecule has 0 fully saturated rings. The Labute approximate surface area is 178 Å². The van der Waals surface area contributed by atoms with E-state index in [9.17, 15) is 4.79 Å². The van der Waals surface area contributed by atoms with Gasteiger partial charge in [-0.15, -0.1) is 0 Å². The Kier molecular flexibility index (Phi) is 5.24. The Hall–Kier alpha value is -4.01. The van der Waals surface area contributed by atoms with Crippen LogP contribution in [0.1, 0.15) is 32.1 Å². The lowest BCUT2D eigenvalue weighted by Gasteiger charge is -2.12. The maximum atomic E-state index is 12.2. The van der Waals surface area contributed by atoms with Crippen LogP contribution in [0.3, 0.4) is 0 Å². The molecule has 0 aliphatic heterocycles. The van der Waals surface area contributed by atoms with Gasteiger partial charge < -0.3 is 14.4 Å². The van der Waals surface area contributed by atoms with E-state index < -0.39 is 6.03 Å². The van der Waals surface area contributed by atoms with E-state index in [-0.39, 0.29) is 5.41 Å². The van der Waals surface area contributed by atoms with Crippen LogP contribution in [0.15, 0.2) is 57.7 Å². The van der Waals surface area contributed by atoms with E-state index in [2.05, 4.69) is 30.9 Å². The van der Waals surface area contributed by atoms with Crippen LogP contribution >= 0.6 is 0 Å². The molecular formula is C22H22N6O3. The smallest absolute Gasteiger partial charge is 0.324 e. The molecule has 158 valence electrons. The molecule has 0 saturated heterocycles. The Morgan fingerprint density at radius 3 is 2.45 bits per heavy atom. The molecule has 3 heterocycles. The zero-order chi connectivity index (χ0) is 22.0. The quantitative estimate of drug-likeness (QED) is 0.477. The van der Waals surface area contributed by atoms with Crippen molar-refractivity contribution in [1.82, 2.24) is 20.3 Å². The molecule has 2 N–H and O–H groups in total. The van der Waals surface area contributed by atoms with Crippen LogP contribution in [-0.4, -0.2) is 26.3 Å². The lowest BCUT2D eigenvalue weighted by atomic mass is 9.93. The molecule has 0 bridgehead atoms. The first-order valence-electron chi connectivity index (χ1n) is 9.71. The number of nitrogens with zero attached hydrogens (tertiary/aromatic N) is 4. The van der Waals surface area contributed by atoms with Gasteiger partial charge >= 0.3 is 6.03 Å². The highest BCUT2D eigenvalue weighted by Crippen LogP contribution is 2.25. The van der Waals surface area contributed by atoms with Gasteiger partial charge in [0.25, 0.3) is 5.89 Å². The number of aryl methyl sites for hydroxylation is 1. The van der Waals surface area contributed by atoms with Crippen molar-refractivity contribution in [2.24, 2.45) is 0 Å². The molecular weight excluding hydrogens is 396 g/mol. The third-order valence-electron chi connectivity index (χ3n) is 4.53. The number of hydrogen-bond acceptors (Lipinski definition) is 7. The fourth-order valence-corrected chi connectivity index (χ4v) is 2.82. The van der Waals surface area contributed by atoms with E-state index in [1.54, 1.807) is 36.5 Å². The van der Waals surface area contributed by atoms with Crippen LogP contribution in [0.5, 0.6) is 0 Å². The highest BCUT2D eigenvalue weighted by molar-refractivity contribution is 5.99. The second-order valence-corrected chi connectivity index (χ2v) is 8.07. The van der Waals surface area contributed by atoms with Gasteiger partial charge in [-0.05, 0) is 42.8 Å². The topological polar surface area (TPSA) is 119 Å². The summed E-state index contributed by atoms with van der Waals surface area (Å²) in [5, 5.41) is 13.3. The van der Waals surface area contributed by atoms with Crippen molar-refractivity contribution >= 4 is 17.5 Å². The minimum Gasteiger partial charge on any atom is -0.359 e. The van der Waals surface area contributed by atoms with Crippen LogP contribution in [0, 0.1) is 6.92 Å². The van der Waals surface area contributed by atoms with Crippen LogP contribution in [0.2, 0.25) is 0 Å². The predicted molar refractivity (Wildman–Crippen MR) is 116 cm³/mol. The molecule has 0 aliphatic rings. The molecule has 9 heteroatoms. The molecule has 0 radical (unpaired) electrons. The van der Waals surface area contributed by atoms with Gasteiger partial charge in [-0.1, -0.05) is 37.2 Å². The first-order valence-corrected chi connectivity index (χ1v) is 9.71. The SMILES string of the molecule is Cc1cccnc1-c1noc(-c2ccc(NC(=O)Nc3cc(C(C)(C)C)on3)cc2)n1. The molecule has 4 rings (SSSR count). The number of nitrogens with one attached hydrogen (secondary N) is 2. The van der Waals surface area contributed by atoms with Gasteiger partial charge in [-0.2, -0.15) is 4.98 Å². The summed E-state index contributed by atoms with van der Waals surface area (Å²) < 4.78 is 10.6. The first kappa shape index (κ1) is 20.3. The molecule has 3 aromatic heterocycles. The van der Waals surface area contributed by atoms with Crippen LogP contribution in [0.4, 0.5) is 16.3 Å². The lowest BCUT2D eigenvalue weighted by molar-refractivity contribution is 0.262. The van der Waals surface area contributed by atoms with Crippen LogP contribution < -0.4 is 10.6 Å². The van der Waals surface area contributed by atoms with E-state index in [1.807, 2.05) is 39.8 Å². The van der Waals surface area contributed by atoms with E-state index >= 15 is 0 Å². The number of rotatable bonds is 4. The van der Waals surface area contributed by atoms with Crippen molar-refractivity contribution in [3.63, 3.8) is 0 Å². The Morgan fingerprint density at radius 2 is 1.77 bits per heavy atom. The van der Waals surface area contributed by atoms with Gasteiger partial charge in [0, 0.05) is 28.9 Å². The number of pyridine rings is 1. The summed E-state index contributed by atoms with van der Waals surface area (Å²) in [6.45, 7) is 7.95. The average molecular weight is 418 g/mol. The van der Waals surface area contributed by atoms with E-state index in [4.69, 9.17) is 9.05 Å². The van der Waals surface area contributed by atoms with Gasteiger partial charge in [0.15, 0.2) is 5.82 Å². The maximum absolute atomic E-state index is 12.2. The maximum Gasteiger partial charge on any atom is 0.324 e. The fourth-order valence-electron chi connectivity index (χ4n) is 2.82. The van der Waals surface area contributed by atoms with Crippen molar-refractivity contribution < 1.29 is 13.8 Å². The van der Waals surface area contributed by atoms with Crippen molar-refractivity contribution in [3.8, 4) is 23.0 Å². The van der Waals surface area contributed by atoms with E-state index in [0.29, 0.717) is 34.7 Å². The molecule has 0 aliphatic carbocycles. The summed E-state index contributed by atoms with van der Waals surface area (Å²) in [6.07, 6.45) is 1.69. The lowest BCUT2D eigenvalue weighted by Crippen LogP contribution is -2.19. The summed E-state index contributed by atoms with van der Waals surface area (Å²) in [7, 11) is 0. The number of aromatic nitrogens is 4. The Morgan fingerprint density at radius 1 is 1.00 bits per heavy atom. The highest BCUT2D eigenvalue weighted by atomic mass is 16.5. The predicted octanol–water partition coefficient (Wildman–Crippen LogP) is 5.04. The van der Waals surface area contributed by atoms with Crippen molar-refractivity contribution in [3.05, 3.63) is 60.0 Å². The molecule has 1 aromatic carbocycles. The standard InChI is InChI=1S/C22H22N6O3/c1-13-6-5-11-23-18(13)19-26-20(31-28-19)14-7-9-15(10-8-14)24-21(29)25-17-12-16(30-27-17)22(2,3)4/h5-12H,1-4H3,(H2,24,25,27,29). The number of amides is 2. The Bertz CT molecular complexity index is 1200. The summed E-state index contributed by atoms with van der Waals surface area (Å²) >= 11 is 0. The molecule has 4 aromatic rings. The van der Waals surface area contributed by atoms with Gasteiger partial charge in [0.1, 0.15) is 11.5 Å². The largest absolute Gasteiger partial charge is 0.359 e. The van der Waals surface area contributed by atoms with Gasteiger partial charge in [0.2, 0.25) is 5.82 Å². The zero-order valence-electron chi connectivity index (χ0n) is 17.6. The summed E-state index contributed by atoms with van der Waals surface area (Å²) in [4.78, 5) is 21.0. The molecule has 2 amide bonds. The number of carbonyl (C=O) groups is 1. The first-order chi connectivity index (χ1) is 14.8. The van der Waals surface area contributed by atoms with Crippen LogP contribution in [-0.2, 0) is 5.41 Å². The monoisotopic (exact) mass is 418 g/mol. The summed E-state index contributed by atoms with van der Waals surface area (Å²) in [5.41, 5.74) is 2.77. The summed E-state index contributed by atoms with van der Waals surface area (Å²) in [6, 6.07) is 12.1. The number of benzene rings is 1. The van der Waals surface area contributed by atoms with Crippen LogP contribution in [0.25, 0.3) is 23.0 Å². The van der Waals surface area contributed by atoms with E-state index in [0.717, 1.165) is 11.1 Å². The van der Waals surface area contributed by atoms with Crippen molar-refractivity contribution in [2.75, 3.05) is 10.6 Å². The van der Waals surface area contributed by atoms with Crippen molar-refractivity contribution in [1.29, 1.82) is 0 Å². The van der Waals surface area contributed by atoms with E-state index in [1.165, 1.54) is 0 Å². The van der Waals surface area contributed by atoms with Crippen molar-refractivity contribution in [2.45, 2.75) is 33.1 Å². The molecule has 0 spiro atoms. The average Bonchev–Trinajstić information content (AvgIpc) is 3.39. The second kappa shape index (κ2) is 8.02. The number of hydrogen-bond donors (Lipinski definition) is 2. The second-order valence-electron chi connectivity index (χ2n) is 8.07. The molecule has 0 unspecified atom stereocenters. The molecule has 31 heavy (non-hydrogen) atoms. The third-order valence-corrected chi connectivity index (χ3v) is 4.53. The number of urea groups is 1. The third kappa shape index (κ3) is 4.61. The molecule has 0 atom stereocenters. The summed E-state index contributed by atoms with van der Waals surface area (Å²) in [5.74, 6) is 1.83. The highest BCUT2D eigenvalue weighted by Gasteiger charge is 2.20. The minimum atomic E-state index is -0.424. The van der Waals surface area contributed by atoms with Gasteiger partial charge in [0.05, 0.1) is 0 Å².